The molecule has 0 bridgehead atoms. The fraction of sp³-hybridized carbons (Fsp3) is 0.737. The van der Waals surface area contributed by atoms with Gasteiger partial charge in [0.15, 0.2) is 5.78 Å². The van der Waals surface area contributed by atoms with Gasteiger partial charge in [0.1, 0.15) is 0 Å². The molecule has 128 valence electrons. The van der Waals surface area contributed by atoms with Crippen molar-refractivity contribution >= 4 is 17.5 Å². The molecule has 0 aromatic carbocycles. The second-order valence-electron chi connectivity index (χ2n) is 7.48. The molecular weight excluding hydrogens is 290 g/mol. The lowest BCUT2D eigenvalue weighted by molar-refractivity contribution is -0.139. The van der Waals surface area contributed by atoms with Gasteiger partial charge in [-0.25, -0.2) is 0 Å². The Balaban J connectivity index is 2.33. The molecule has 0 aromatic rings. The molecule has 1 amide bonds. The number of hydrogen-bond donors (Lipinski definition) is 0. The summed E-state index contributed by atoms with van der Waals surface area (Å²) in [5.74, 6) is -0.240. The minimum Gasteiger partial charge on any atom is -0.335 e. The van der Waals surface area contributed by atoms with E-state index >= 15 is 0 Å². The highest BCUT2D eigenvalue weighted by atomic mass is 16.2. The Morgan fingerprint density at radius 3 is 2.30 bits per heavy atom. The third-order valence-electron chi connectivity index (χ3n) is 5.70. The number of carbonyl (C=O) groups excluding carboxylic acids is 3. The molecule has 0 radical (unpaired) electrons. The van der Waals surface area contributed by atoms with Crippen molar-refractivity contribution in [2.45, 2.75) is 60.4 Å². The van der Waals surface area contributed by atoms with Crippen LogP contribution in [0.5, 0.6) is 0 Å². The Morgan fingerprint density at radius 2 is 1.83 bits per heavy atom. The number of hydrogen-bond acceptors (Lipinski definition) is 3. The van der Waals surface area contributed by atoms with Crippen molar-refractivity contribution in [2.75, 3.05) is 6.54 Å². The lowest BCUT2D eigenvalue weighted by atomic mass is 9.90. The number of amides is 1. The second kappa shape index (κ2) is 6.58. The Bertz CT molecular complexity index is 561. The van der Waals surface area contributed by atoms with Crippen LogP contribution in [0.4, 0.5) is 0 Å². The fourth-order valence-corrected chi connectivity index (χ4v) is 4.12. The molecule has 1 heterocycles. The van der Waals surface area contributed by atoms with Gasteiger partial charge in [0, 0.05) is 25.3 Å². The Morgan fingerprint density at radius 1 is 1.22 bits per heavy atom. The maximum absolute atomic E-state index is 12.8. The number of nitrogens with zero attached hydrogens (tertiary/aromatic N) is 1. The molecule has 4 nitrogen and oxygen atoms in total. The first-order chi connectivity index (χ1) is 10.7. The van der Waals surface area contributed by atoms with Crippen LogP contribution in [0.25, 0.3) is 0 Å². The van der Waals surface area contributed by atoms with E-state index in [1.807, 2.05) is 18.7 Å². The minimum absolute atomic E-state index is 0.0157. The van der Waals surface area contributed by atoms with Gasteiger partial charge in [-0.1, -0.05) is 40.2 Å². The van der Waals surface area contributed by atoms with E-state index in [0.29, 0.717) is 12.3 Å². The average Bonchev–Trinajstić information content (AvgIpc) is 3.02. The molecule has 0 saturated carbocycles. The SMILES string of the molecule is CCC1=C2C(C)CN(C(=O)C(C)C(C)C)C2CC1C(=O)C(C)=O. The molecule has 0 aromatic heterocycles. The highest BCUT2D eigenvalue weighted by Gasteiger charge is 2.48. The highest BCUT2D eigenvalue weighted by molar-refractivity contribution is 6.37. The van der Waals surface area contributed by atoms with Crippen LogP contribution in [-0.2, 0) is 14.4 Å². The molecule has 1 saturated heterocycles. The van der Waals surface area contributed by atoms with Crippen LogP contribution in [-0.4, -0.2) is 35.0 Å². The molecule has 23 heavy (non-hydrogen) atoms. The molecule has 1 aliphatic carbocycles. The number of ketones is 2. The van der Waals surface area contributed by atoms with Crippen molar-refractivity contribution in [3.05, 3.63) is 11.1 Å². The first-order valence-corrected chi connectivity index (χ1v) is 8.78. The molecule has 2 aliphatic rings. The van der Waals surface area contributed by atoms with Crippen LogP contribution in [0, 0.1) is 23.7 Å². The van der Waals surface area contributed by atoms with Gasteiger partial charge < -0.3 is 4.90 Å². The minimum atomic E-state index is -0.373. The van der Waals surface area contributed by atoms with E-state index in [1.165, 1.54) is 12.5 Å². The summed E-state index contributed by atoms with van der Waals surface area (Å²) in [7, 11) is 0. The largest absolute Gasteiger partial charge is 0.335 e. The molecule has 0 spiro atoms. The predicted molar refractivity (Wildman–Crippen MR) is 89.8 cm³/mol. The van der Waals surface area contributed by atoms with Gasteiger partial charge in [0.05, 0.1) is 6.04 Å². The number of allylic oxidation sites excluding steroid dienone is 1. The van der Waals surface area contributed by atoms with E-state index in [9.17, 15) is 14.4 Å². The van der Waals surface area contributed by atoms with Gasteiger partial charge in [-0.05, 0) is 30.3 Å². The van der Waals surface area contributed by atoms with Crippen LogP contribution >= 0.6 is 0 Å². The maximum Gasteiger partial charge on any atom is 0.226 e. The summed E-state index contributed by atoms with van der Waals surface area (Å²) in [4.78, 5) is 38.6. The van der Waals surface area contributed by atoms with Crippen molar-refractivity contribution in [3.63, 3.8) is 0 Å². The van der Waals surface area contributed by atoms with Gasteiger partial charge in [0.25, 0.3) is 0 Å². The first-order valence-electron chi connectivity index (χ1n) is 8.78. The predicted octanol–water partition coefficient (Wildman–Crippen LogP) is 3.01. The molecular formula is C19H29NO3. The second-order valence-corrected chi connectivity index (χ2v) is 7.48. The standard InChI is InChI=1S/C19H29NO3/c1-7-14-15(18(22)13(6)21)8-16-17(14)11(4)9-20(16)19(23)12(5)10(2)3/h10-12,15-16H,7-9H2,1-6H3. The lowest BCUT2D eigenvalue weighted by Crippen LogP contribution is -2.41. The normalized spacial score (nSPS) is 28.3. The van der Waals surface area contributed by atoms with E-state index in [1.54, 1.807) is 0 Å². The summed E-state index contributed by atoms with van der Waals surface area (Å²) >= 11 is 0. The summed E-state index contributed by atoms with van der Waals surface area (Å²) in [5.41, 5.74) is 2.35. The molecule has 4 atom stereocenters. The van der Waals surface area contributed by atoms with E-state index in [-0.39, 0.29) is 41.3 Å². The Labute approximate surface area is 139 Å². The van der Waals surface area contributed by atoms with Gasteiger partial charge in [0.2, 0.25) is 11.7 Å². The Hall–Kier alpha value is -1.45. The first kappa shape index (κ1) is 17.9. The van der Waals surface area contributed by atoms with Gasteiger partial charge in [-0.3, -0.25) is 14.4 Å². The monoisotopic (exact) mass is 319 g/mol. The summed E-state index contributed by atoms with van der Waals surface area (Å²) in [6, 6.07) is 0.0157. The van der Waals surface area contributed by atoms with Gasteiger partial charge in [-0.15, -0.1) is 0 Å². The number of fused-ring (bicyclic) bond motifs is 1. The quantitative estimate of drug-likeness (QED) is 0.578. The molecule has 1 aliphatic heterocycles. The third-order valence-corrected chi connectivity index (χ3v) is 5.70. The van der Waals surface area contributed by atoms with Crippen LogP contribution in [0.3, 0.4) is 0 Å². The summed E-state index contributed by atoms with van der Waals surface area (Å²) in [6.07, 6.45) is 1.37. The molecule has 4 unspecified atom stereocenters. The topological polar surface area (TPSA) is 54.5 Å². The zero-order valence-corrected chi connectivity index (χ0v) is 15.2. The highest BCUT2D eigenvalue weighted by Crippen LogP contribution is 2.46. The third kappa shape index (κ3) is 3.00. The Kier molecular flexibility index (Phi) is 5.12. The van der Waals surface area contributed by atoms with Gasteiger partial charge in [-0.2, -0.15) is 0 Å². The fourth-order valence-electron chi connectivity index (χ4n) is 4.12. The van der Waals surface area contributed by atoms with Crippen molar-refractivity contribution in [2.24, 2.45) is 23.7 Å². The van der Waals surface area contributed by atoms with E-state index in [4.69, 9.17) is 0 Å². The van der Waals surface area contributed by atoms with Crippen LogP contribution < -0.4 is 0 Å². The van der Waals surface area contributed by atoms with Crippen LogP contribution in [0.1, 0.15) is 54.4 Å². The molecule has 2 rings (SSSR count). The zero-order valence-electron chi connectivity index (χ0n) is 15.2. The van der Waals surface area contributed by atoms with Gasteiger partial charge >= 0.3 is 0 Å². The van der Waals surface area contributed by atoms with E-state index in [0.717, 1.165) is 18.5 Å². The summed E-state index contributed by atoms with van der Waals surface area (Å²) in [5, 5.41) is 0. The van der Waals surface area contributed by atoms with Crippen molar-refractivity contribution in [3.8, 4) is 0 Å². The summed E-state index contributed by atoms with van der Waals surface area (Å²) in [6.45, 7) is 12.4. The number of rotatable bonds is 5. The smallest absolute Gasteiger partial charge is 0.226 e. The average molecular weight is 319 g/mol. The van der Waals surface area contributed by atoms with E-state index < -0.39 is 0 Å². The molecule has 4 heteroatoms. The van der Waals surface area contributed by atoms with Crippen molar-refractivity contribution in [1.82, 2.24) is 4.90 Å². The lowest BCUT2D eigenvalue weighted by Gasteiger charge is -2.28. The summed E-state index contributed by atoms with van der Waals surface area (Å²) < 4.78 is 0. The van der Waals surface area contributed by atoms with Crippen LogP contribution in [0.2, 0.25) is 0 Å². The molecule has 0 N–H and O–H groups in total. The molecule has 1 fully saturated rings. The maximum atomic E-state index is 12.8. The number of carbonyl (C=O) groups is 3. The zero-order chi connectivity index (χ0) is 17.5. The van der Waals surface area contributed by atoms with Crippen LogP contribution in [0.15, 0.2) is 11.1 Å². The number of likely N-dealkylation sites (tertiary alicyclic amines) is 1. The van der Waals surface area contributed by atoms with Crippen molar-refractivity contribution < 1.29 is 14.4 Å². The van der Waals surface area contributed by atoms with Crippen molar-refractivity contribution in [1.29, 1.82) is 0 Å². The number of Topliss-reactive ketones (excluding diaryl/α,β-unsaturated/α-hetero) is 2. The van der Waals surface area contributed by atoms with E-state index in [2.05, 4.69) is 20.8 Å².